The van der Waals surface area contributed by atoms with Gasteiger partial charge < -0.3 is 15.5 Å². The van der Waals surface area contributed by atoms with E-state index in [1.54, 1.807) is 31.5 Å². The summed E-state index contributed by atoms with van der Waals surface area (Å²) in [7, 11) is 1.55. The highest BCUT2D eigenvalue weighted by Gasteiger charge is 2.15. The summed E-state index contributed by atoms with van der Waals surface area (Å²) in [5.74, 6) is 0.511. The van der Waals surface area contributed by atoms with Crippen LogP contribution in [-0.4, -0.2) is 17.9 Å². The molecule has 0 aliphatic carbocycles. The molecule has 0 amide bonds. The molecule has 3 N–H and O–H groups in total. The molecule has 2 aromatic carbocycles. The SMILES string of the molecule is COc1ccc(C(=O)c2c[nH]c3ccccc23)cc1N. The third kappa shape index (κ3) is 1.91. The highest BCUT2D eigenvalue weighted by Crippen LogP contribution is 2.25. The number of nitrogens with one attached hydrogen (secondary N) is 1. The maximum absolute atomic E-state index is 12.6. The predicted octanol–water partition coefficient (Wildman–Crippen LogP) is 2.99. The second-order valence-electron chi connectivity index (χ2n) is 4.53. The number of anilines is 1. The fourth-order valence-electron chi connectivity index (χ4n) is 2.29. The molecule has 4 nitrogen and oxygen atoms in total. The normalized spacial score (nSPS) is 10.7. The van der Waals surface area contributed by atoms with Gasteiger partial charge in [0.1, 0.15) is 5.75 Å². The van der Waals surface area contributed by atoms with Crippen molar-refractivity contribution in [1.82, 2.24) is 4.98 Å². The summed E-state index contributed by atoms with van der Waals surface area (Å²) in [6.07, 6.45) is 1.73. The molecule has 0 aliphatic heterocycles. The molecule has 1 heterocycles. The summed E-state index contributed by atoms with van der Waals surface area (Å²) in [5.41, 5.74) is 8.44. The standard InChI is InChI=1S/C16H14N2O2/c1-20-15-7-6-10(8-13(15)17)16(19)12-9-18-14-5-3-2-4-11(12)14/h2-9,18H,17H2,1H3. The molecule has 0 saturated heterocycles. The zero-order valence-electron chi connectivity index (χ0n) is 11.0. The van der Waals surface area contributed by atoms with E-state index in [1.165, 1.54) is 0 Å². The monoisotopic (exact) mass is 266 g/mol. The van der Waals surface area contributed by atoms with E-state index >= 15 is 0 Å². The number of H-pyrrole nitrogens is 1. The molecular weight excluding hydrogens is 252 g/mol. The Balaban J connectivity index is 2.06. The van der Waals surface area contributed by atoms with Crippen molar-refractivity contribution < 1.29 is 9.53 Å². The van der Waals surface area contributed by atoms with Crippen LogP contribution in [0.1, 0.15) is 15.9 Å². The number of para-hydroxylation sites is 1. The number of nitrogen functional groups attached to an aromatic ring is 1. The summed E-state index contributed by atoms with van der Waals surface area (Å²) < 4.78 is 5.10. The van der Waals surface area contributed by atoms with Gasteiger partial charge in [0.05, 0.1) is 12.8 Å². The molecule has 0 unspecified atom stereocenters. The zero-order chi connectivity index (χ0) is 14.1. The summed E-state index contributed by atoms with van der Waals surface area (Å²) in [6, 6.07) is 12.8. The number of benzene rings is 2. The van der Waals surface area contributed by atoms with Crippen molar-refractivity contribution >= 4 is 22.4 Å². The Kier molecular flexibility index (Phi) is 2.91. The number of nitrogens with two attached hydrogens (primary N) is 1. The zero-order valence-corrected chi connectivity index (χ0v) is 11.0. The Bertz CT molecular complexity index is 790. The molecule has 0 fully saturated rings. The van der Waals surface area contributed by atoms with E-state index in [0.29, 0.717) is 22.6 Å². The van der Waals surface area contributed by atoms with Crippen LogP contribution in [0.15, 0.2) is 48.7 Å². The Morgan fingerprint density at radius 1 is 1.20 bits per heavy atom. The van der Waals surface area contributed by atoms with Crippen LogP contribution in [0.2, 0.25) is 0 Å². The first-order valence-corrected chi connectivity index (χ1v) is 6.25. The first-order valence-electron chi connectivity index (χ1n) is 6.25. The van der Waals surface area contributed by atoms with E-state index in [0.717, 1.165) is 10.9 Å². The number of ketones is 1. The van der Waals surface area contributed by atoms with E-state index in [4.69, 9.17) is 10.5 Å². The fraction of sp³-hybridized carbons (Fsp3) is 0.0625. The molecule has 0 aliphatic rings. The lowest BCUT2D eigenvalue weighted by Gasteiger charge is -2.06. The quantitative estimate of drug-likeness (QED) is 0.565. The number of ether oxygens (including phenoxy) is 1. The van der Waals surface area contributed by atoms with Gasteiger partial charge in [0.25, 0.3) is 0 Å². The van der Waals surface area contributed by atoms with Gasteiger partial charge >= 0.3 is 0 Å². The number of hydrogen-bond acceptors (Lipinski definition) is 3. The molecular formula is C16H14N2O2. The highest BCUT2D eigenvalue weighted by molar-refractivity contribution is 6.16. The lowest BCUT2D eigenvalue weighted by Crippen LogP contribution is -2.02. The molecule has 1 aromatic heterocycles. The highest BCUT2D eigenvalue weighted by atomic mass is 16.5. The average Bonchev–Trinajstić information content (AvgIpc) is 2.90. The second kappa shape index (κ2) is 4.74. The van der Waals surface area contributed by atoms with Crippen LogP contribution in [-0.2, 0) is 0 Å². The molecule has 3 aromatic rings. The van der Waals surface area contributed by atoms with E-state index < -0.39 is 0 Å². The van der Waals surface area contributed by atoms with Crippen LogP contribution >= 0.6 is 0 Å². The number of fused-ring (bicyclic) bond motifs is 1. The minimum atomic E-state index is -0.0585. The second-order valence-corrected chi connectivity index (χ2v) is 4.53. The van der Waals surface area contributed by atoms with Gasteiger partial charge in [-0.1, -0.05) is 18.2 Å². The summed E-state index contributed by atoms with van der Waals surface area (Å²) in [6.45, 7) is 0. The van der Waals surface area contributed by atoms with Crippen molar-refractivity contribution in [2.45, 2.75) is 0 Å². The van der Waals surface area contributed by atoms with Crippen molar-refractivity contribution in [1.29, 1.82) is 0 Å². The average molecular weight is 266 g/mol. The number of hydrogen-bond donors (Lipinski definition) is 2. The maximum Gasteiger partial charge on any atom is 0.195 e. The number of aromatic nitrogens is 1. The topological polar surface area (TPSA) is 68.1 Å². The van der Waals surface area contributed by atoms with E-state index in [1.807, 2.05) is 24.3 Å². The maximum atomic E-state index is 12.6. The third-order valence-electron chi connectivity index (χ3n) is 3.33. The molecule has 0 spiro atoms. The number of methoxy groups -OCH3 is 1. The number of carbonyl (C=O) groups is 1. The minimum absolute atomic E-state index is 0.0585. The first kappa shape index (κ1) is 12.3. The lowest BCUT2D eigenvalue weighted by molar-refractivity contribution is 0.104. The molecule has 20 heavy (non-hydrogen) atoms. The van der Waals surface area contributed by atoms with Crippen molar-refractivity contribution in [2.75, 3.05) is 12.8 Å². The van der Waals surface area contributed by atoms with Gasteiger partial charge in [-0.15, -0.1) is 0 Å². The molecule has 3 rings (SSSR count). The van der Waals surface area contributed by atoms with Crippen LogP contribution in [0.5, 0.6) is 5.75 Å². The summed E-state index contributed by atoms with van der Waals surface area (Å²) >= 11 is 0. The van der Waals surface area contributed by atoms with Gasteiger partial charge in [0.15, 0.2) is 5.78 Å². The third-order valence-corrected chi connectivity index (χ3v) is 3.33. The van der Waals surface area contributed by atoms with E-state index in [-0.39, 0.29) is 5.78 Å². The van der Waals surface area contributed by atoms with Gasteiger partial charge in [0.2, 0.25) is 0 Å². The van der Waals surface area contributed by atoms with Gasteiger partial charge in [-0.2, -0.15) is 0 Å². The fourth-order valence-corrected chi connectivity index (χ4v) is 2.29. The van der Waals surface area contributed by atoms with Crippen LogP contribution in [0.4, 0.5) is 5.69 Å². The molecule has 0 saturated carbocycles. The summed E-state index contributed by atoms with van der Waals surface area (Å²) in [5, 5.41) is 0.909. The van der Waals surface area contributed by atoms with E-state index in [9.17, 15) is 4.79 Å². The van der Waals surface area contributed by atoms with Gasteiger partial charge in [-0.05, 0) is 24.3 Å². The van der Waals surface area contributed by atoms with Crippen molar-refractivity contribution in [3.05, 3.63) is 59.8 Å². The van der Waals surface area contributed by atoms with Gasteiger partial charge in [-0.3, -0.25) is 4.79 Å². The number of rotatable bonds is 3. The van der Waals surface area contributed by atoms with Crippen LogP contribution < -0.4 is 10.5 Å². The Hall–Kier alpha value is -2.75. The van der Waals surface area contributed by atoms with Crippen LogP contribution in [0.25, 0.3) is 10.9 Å². The molecule has 0 atom stereocenters. The van der Waals surface area contributed by atoms with Crippen molar-refractivity contribution in [3.63, 3.8) is 0 Å². The minimum Gasteiger partial charge on any atom is -0.495 e. The Morgan fingerprint density at radius 3 is 2.75 bits per heavy atom. The first-order chi connectivity index (χ1) is 9.70. The molecule has 100 valence electrons. The van der Waals surface area contributed by atoms with Crippen molar-refractivity contribution in [2.24, 2.45) is 0 Å². The largest absolute Gasteiger partial charge is 0.495 e. The van der Waals surface area contributed by atoms with Crippen molar-refractivity contribution in [3.8, 4) is 5.75 Å². The molecule has 0 bridgehead atoms. The number of aromatic amines is 1. The van der Waals surface area contributed by atoms with Gasteiger partial charge in [0, 0.05) is 28.2 Å². The van der Waals surface area contributed by atoms with Crippen LogP contribution in [0, 0.1) is 0 Å². The number of carbonyl (C=O) groups excluding carboxylic acids is 1. The van der Waals surface area contributed by atoms with E-state index in [2.05, 4.69) is 4.98 Å². The Labute approximate surface area is 116 Å². The lowest BCUT2D eigenvalue weighted by atomic mass is 10.0. The smallest absolute Gasteiger partial charge is 0.195 e. The summed E-state index contributed by atoms with van der Waals surface area (Å²) in [4.78, 5) is 15.7. The van der Waals surface area contributed by atoms with Gasteiger partial charge in [-0.25, -0.2) is 0 Å². The Morgan fingerprint density at radius 2 is 2.00 bits per heavy atom. The predicted molar refractivity (Wildman–Crippen MR) is 79.1 cm³/mol. The van der Waals surface area contributed by atoms with Crippen LogP contribution in [0.3, 0.4) is 0 Å². The molecule has 0 radical (unpaired) electrons. The molecule has 4 heteroatoms.